The molecule has 4 atom stereocenters. The van der Waals surface area contributed by atoms with Gasteiger partial charge in [-0.1, -0.05) is 40.0 Å². The smallest absolute Gasteiger partial charge is 0.0278 e. The van der Waals surface area contributed by atoms with Crippen molar-refractivity contribution in [2.75, 3.05) is 19.6 Å². The maximum absolute atomic E-state index is 3.78. The Hall–Kier alpha value is -0.0800. The molecule has 1 heterocycles. The van der Waals surface area contributed by atoms with Crippen molar-refractivity contribution in [1.29, 1.82) is 0 Å². The number of rotatable bonds is 5. The molecule has 0 aromatic rings. The zero-order valence-corrected chi connectivity index (χ0v) is 14.3. The molecule has 1 aliphatic carbocycles. The lowest BCUT2D eigenvalue weighted by Crippen LogP contribution is -2.62. The van der Waals surface area contributed by atoms with Gasteiger partial charge in [0.2, 0.25) is 0 Å². The van der Waals surface area contributed by atoms with Crippen molar-refractivity contribution < 1.29 is 0 Å². The molecule has 2 rings (SSSR count). The summed E-state index contributed by atoms with van der Waals surface area (Å²) in [6.07, 6.45) is 9.86. The molecule has 2 nitrogen and oxygen atoms in total. The fourth-order valence-electron chi connectivity index (χ4n) is 4.20. The van der Waals surface area contributed by atoms with Crippen LogP contribution in [0, 0.1) is 11.8 Å². The van der Waals surface area contributed by atoms with Crippen LogP contribution in [0.2, 0.25) is 0 Å². The average Bonchev–Trinajstić information content (AvgIpc) is 2.45. The summed E-state index contributed by atoms with van der Waals surface area (Å²) in [5.74, 6) is 1.97. The van der Waals surface area contributed by atoms with Crippen molar-refractivity contribution in [3.63, 3.8) is 0 Å². The van der Waals surface area contributed by atoms with Crippen LogP contribution in [-0.2, 0) is 0 Å². The van der Waals surface area contributed by atoms with Crippen LogP contribution in [0.25, 0.3) is 0 Å². The summed E-state index contributed by atoms with van der Waals surface area (Å²) < 4.78 is 0. The van der Waals surface area contributed by atoms with Gasteiger partial charge in [0.25, 0.3) is 0 Å². The van der Waals surface area contributed by atoms with Gasteiger partial charge in [-0.15, -0.1) is 0 Å². The summed E-state index contributed by atoms with van der Waals surface area (Å²) in [5.41, 5.74) is 0.339. The lowest BCUT2D eigenvalue weighted by Gasteiger charge is -2.46. The molecule has 1 aliphatic heterocycles. The van der Waals surface area contributed by atoms with Crippen molar-refractivity contribution >= 4 is 0 Å². The van der Waals surface area contributed by atoms with Crippen LogP contribution < -0.4 is 5.32 Å². The van der Waals surface area contributed by atoms with Crippen LogP contribution in [-0.4, -0.2) is 36.1 Å². The summed E-state index contributed by atoms with van der Waals surface area (Å²) >= 11 is 0. The fraction of sp³-hybridized carbons (Fsp3) is 1.00. The first-order valence-corrected chi connectivity index (χ1v) is 9.05. The monoisotopic (exact) mass is 280 g/mol. The van der Waals surface area contributed by atoms with Gasteiger partial charge in [-0.3, -0.25) is 4.90 Å². The Morgan fingerprint density at radius 3 is 2.70 bits per heavy atom. The van der Waals surface area contributed by atoms with E-state index in [2.05, 4.69) is 37.9 Å². The second-order valence-corrected chi connectivity index (χ2v) is 7.75. The van der Waals surface area contributed by atoms with E-state index in [1.54, 1.807) is 0 Å². The first-order valence-electron chi connectivity index (χ1n) is 9.05. The molecule has 2 aliphatic rings. The summed E-state index contributed by atoms with van der Waals surface area (Å²) in [6, 6.07) is 0.760. The van der Waals surface area contributed by atoms with Crippen molar-refractivity contribution in [1.82, 2.24) is 10.2 Å². The number of hydrogen-bond acceptors (Lipinski definition) is 2. The predicted molar refractivity (Wildman–Crippen MR) is 88.1 cm³/mol. The molecule has 0 bridgehead atoms. The minimum Gasteiger partial charge on any atom is -0.309 e. The molecule has 0 aromatic carbocycles. The lowest BCUT2D eigenvalue weighted by atomic mass is 9.80. The van der Waals surface area contributed by atoms with E-state index in [1.807, 2.05) is 0 Å². The summed E-state index contributed by atoms with van der Waals surface area (Å²) in [4.78, 5) is 2.79. The summed E-state index contributed by atoms with van der Waals surface area (Å²) in [5, 5.41) is 3.78. The third-order valence-corrected chi connectivity index (χ3v) is 5.95. The predicted octanol–water partition coefficient (Wildman–Crippen LogP) is 4.06. The third kappa shape index (κ3) is 4.21. The van der Waals surface area contributed by atoms with E-state index in [9.17, 15) is 0 Å². The van der Waals surface area contributed by atoms with Gasteiger partial charge in [0.05, 0.1) is 0 Å². The first-order chi connectivity index (χ1) is 9.56. The third-order valence-electron chi connectivity index (χ3n) is 5.95. The minimum absolute atomic E-state index is 0.339. The average molecular weight is 280 g/mol. The van der Waals surface area contributed by atoms with Gasteiger partial charge in [0.15, 0.2) is 0 Å². The molecule has 118 valence electrons. The molecule has 20 heavy (non-hydrogen) atoms. The van der Waals surface area contributed by atoms with Crippen LogP contribution in [0.15, 0.2) is 0 Å². The van der Waals surface area contributed by atoms with Crippen molar-refractivity contribution in [3.8, 4) is 0 Å². The molecule has 2 fully saturated rings. The molecule has 0 amide bonds. The van der Waals surface area contributed by atoms with Crippen LogP contribution in [0.4, 0.5) is 0 Å². The zero-order chi connectivity index (χ0) is 14.6. The second kappa shape index (κ2) is 7.26. The Morgan fingerprint density at radius 2 is 2.05 bits per heavy atom. The largest absolute Gasteiger partial charge is 0.309 e. The topological polar surface area (TPSA) is 15.3 Å². The van der Waals surface area contributed by atoms with Gasteiger partial charge >= 0.3 is 0 Å². The minimum atomic E-state index is 0.339. The molecule has 0 spiro atoms. The molecule has 4 unspecified atom stereocenters. The molecule has 0 aromatic heterocycles. The maximum atomic E-state index is 3.78. The van der Waals surface area contributed by atoms with Gasteiger partial charge in [0, 0.05) is 24.7 Å². The highest BCUT2D eigenvalue weighted by Crippen LogP contribution is 2.31. The number of nitrogens with zero attached hydrogens (tertiary/aromatic N) is 1. The van der Waals surface area contributed by atoms with Gasteiger partial charge in [-0.25, -0.2) is 0 Å². The summed E-state index contributed by atoms with van der Waals surface area (Å²) in [7, 11) is 0. The molecule has 1 saturated carbocycles. The highest BCUT2D eigenvalue weighted by atomic mass is 15.2. The zero-order valence-electron chi connectivity index (χ0n) is 14.3. The molecule has 1 N–H and O–H groups in total. The second-order valence-electron chi connectivity index (χ2n) is 7.75. The normalized spacial score (nSPS) is 39.9. The van der Waals surface area contributed by atoms with Crippen molar-refractivity contribution in [3.05, 3.63) is 0 Å². The highest BCUT2D eigenvalue weighted by molar-refractivity contribution is 4.94. The van der Waals surface area contributed by atoms with E-state index in [-0.39, 0.29) is 0 Å². The number of nitrogens with one attached hydrogen (secondary N) is 1. The Labute approximate surface area is 126 Å². The van der Waals surface area contributed by atoms with E-state index in [0.717, 1.165) is 17.9 Å². The van der Waals surface area contributed by atoms with Crippen molar-refractivity contribution in [2.24, 2.45) is 11.8 Å². The van der Waals surface area contributed by atoms with Crippen LogP contribution in [0.1, 0.15) is 72.6 Å². The van der Waals surface area contributed by atoms with Gasteiger partial charge in [-0.05, 0) is 51.0 Å². The first kappa shape index (κ1) is 16.3. The van der Waals surface area contributed by atoms with Crippen molar-refractivity contribution in [2.45, 2.75) is 84.2 Å². The lowest BCUT2D eigenvalue weighted by molar-refractivity contribution is 0.0730. The number of hydrogen-bond donors (Lipinski definition) is 1. The Kier molecular flexibility index (Phi) is 5.92. The Balaban J connectivity index is 1.84. The van der Waals surface area contributed by atoms with Crippen LogP contribution >= 0.6 is 0 Å². The standard InChI is InChI=1S/C18H36N2/c1-5-17-13-19-18(4,6-2)14-20(17)11-10-16-9-7-8-15(3)12-16/h15-17,19H,5-14H2,1-4H3. The van der Waals surface area contributed by atoms with Crippen LogP contribution in [0.3, 0.4) is 0 Å². The Morgan fingerprint density at radius 1 is 1.25 bits per heavy atom. The van der Waals surface area contributed by atoms with E-state index < -0.39 is 0 Å². The highest BCUT2D eigenvalue weighted by Gasteiger charge is 2.33. The molecule has 1 saturated heterocycles. The van der Waals surface area contributed by atoms with Crippen LogP contribution in [0.5, 0.6) is 0 Å². The number of piperazine rings is 1. The molecule has 2 heteroatoms. The maximum Gasteiger partial charge on any atom is 0.0278 e. The van der Waals surface area contributed by atoms with E-state index in [0.29, 0.717) is 5.54 Å². The van der Waals surface area contributed by atoms with E-state index >= 15 is 0 Å². The van der Waals surface area contributed by atoms with Gasteiger partial charge < -0.3 is 5.32 Å². The van der Waals surface area contributed by atoms with Gasteiger partial charge in [-0.2, -0.15) is 0 Å². The summed E-state index contributed by atoms with van der Waals surface area (Å²) in [6.45, 7) is 13.3. The van der Waals surface area contributed by atoms with Gasteiger partial charge in [0.1, 0.15) is 0 Å². The van der Waals surface area contributed by atoms with E-state index in [1.165, 1.54) is 64.6 Å². The fourth-order valence-corrected chi connectivity index (χ4v) is 4.20. The molecular formula is C18H36N2. The molecule has 0 radical (unpaired) electrons. The van der Waals surface area contributed by atoms with E-state index in [4.69, 9.17) is 0 Å². The SMILES string of the molecule is CCC1CNC(C)(CC)CN1CCC1CCCC(C)C1. The molecular weight excluding hydrogens is 244 g/mol. The Bertz CT molecular complexity index is 291. The quantitative estimate of drug-likeness (QED) is 0.817.